The summed E-state index contributed by atoms with van der Waals surface area (Å²) >= 11 is 0. The first-order chi connectivity index (χ1) is 9.06. The van der Waals surface area contributed by atoms with Crippen LogP contribution in [-0.2, 0) is 0 Å². The Bertz CT molecular complexity index is 380. The maximum Gasteiger partial charge on any atom is 0.146 e. The topological polar surface area (TPSA) is 49.5 Å². The quantitative estimate of drug-likeness (QED) is 0.761. The third-order valence-corrected chi connectivity index (χ3v) is 3.68. The maximum atomic E-state index is 13.7. The van der Waals surface area contributed by atoms with Crippen LogP contribution < -0.4 is 10.6 Å². The van der Waals surface area contributed by atoms with E-state index in [1.165, 1.54) is 6.07 Å². The molecule has 1 unspecified atom stereocenters. The number of aliphatic hydroxyl groups is 1. The van der Waals surface area contributed by atoms with E-state index in [2.05, 4.69) is 0 Å². The van der Waals surface area contributed by atoms with Crippen LogP contribution in [0.1, 0.15) is 33.1 Å². The predicted octanol–water partition coefficient (Wildman–Crippen LogP) is 2.53. The molecular weight excluding hydrogens is 243 g/mol. The van der Waals surface area contributed by atoms with Crippen LogP contribution in [0.25, 0.3) is 0 Å². The molecule has 0 radical (unpaired) electrons. The minimum absolute atomic E-state index is 0.200. The Labute approximate surface area is 115 Å². The molecule has 4 heteroatoms. The second-order valence-electron chi connectivity index (χ2n) is 4.92. The minimum Gasteiger partial charge on any atom is -0.389 e. The summed E-state index contributed by atoms with van der Waals surface area (Å²) in [5, 5.41) is 10.1. The van der Waals surface area contributed by atoms with Crippen LogP contribution in [0, 0.1) is 5.82 Å². The molecule has 0 fully saturated rings. The fourth-order valence-electron chi connectivity index (χ4n) is 2.18. The van der Waals surface area contributed by atoms with Crippen LogP contribution in [0.4, 0.5) is 10.1 Å². The van der Waals surface area contributed by atoms with Gasteiger partial charge in [-0.05, 0) is 38.3 Å². The van der Waals surface area contributed by atoms with E-state index >= 15 is 0 Å². The van der Waals surface area contributed by atoms with Gasteiger partial charge in [-0.25, -0.2) is 4.39 Å². The van der Waals surface area contributed by atoms with E-state index in [1.54, 1.807) is 12.1 Å². The van der Waals surface area contributed by atoms with Gasteiger partial charge >= 0.3 is 0 Å². The zero-order valence-electron chi connectivity index (χ0n) is 11.9. The number of benzene rings is 1. The molecule has 0 spiro atoms. The Kier molecular flexibility index (Phi) is 6.25. The molecule has 0 bridgehead atoms. The number of hydrogen-bond acceptors (Lipinski definition) is 3. The van der Waals surface area contributed by atoms with Crippen molar-refractivity contribution < 1.29 is 9.50 Å². The fourth-order valence-corrected chi connectivity index (χ4v) is 2.18. The maximum absolute atomic E-state index is 13.7. The van der Waals surface area contributed by atoms with Crippen molar-refractivity contribution in [2.75, 3.05) is 24.5 Å². The van der Waals surface area contributed by atoms with Crippen LogP contribution in [0.5, 0.6) is 0 Å². The highest BCUT2D eigenvalue weighted by molar-refractivity contribution is 5.47. The third-order valence-electron chi connectivity index (χ3n) is 3.68. The summed E-state index contributed by atoms with van der Waals surface area (Å²) in [6.45, 7) is 5.67. The molecular formula is C15H25FN2O. The van der Waals surface area contributed by atoms with Gasteiger partial charge in [0.2, 0.25) is 0 Å². The first-order valence-corrected chi connectivity index (χ1v) is 6.98. The molecule has 0 saturated carbocycles. The van der Waals surface area contributed by atoms with E-state index in [0.717, 1.165) is 19.5 Å². The second kappa shape index (κ2) is 7.46. The number of rotatable bonds is 8. The van der Waals surface area contributed by atoms with E-state index in [-0.39, 0.29) is 12.4 Å². The molecule has 0 aromatic heterocycles. The van der Waals surface area contributed by atoms with Gasteiger partial charge < -0.3 is 15.7 Å². The number of nitrogens with two attached hydrogens (primary N) is 1. The van der Waals surface area contributed by atoms with E-state index in [0.29, 0.717) is 18.5 Å². The van der Waals surface area contributed by atoms with Crippen molar-refractivity contribution >= 4 is 5.69 Å². The normalized spacial score (nSPS) is 14.2. The molecule has 108 valence electrons. The molecule has 0 amide bonds. The van der Waals surface area contributed by atoms with Crippen molar-refractivity contribution in [2.24, 2.45) is 5.73 Å². The van der Waals surface area contributed by atoms with Crippen molar-refractivity contribution in [3.8, 4) is 0 Å². The molecule has 1 aromatic carbocycles. The van der Waals surface area contributed by atoms with Gasteiger partial charge in [0.1, 0.15) is 5.82 Å². The summed E-state index contributed by atoms with van der Waals surface area (Å²) in [6.07, 6.45) is 2.09. The number of nitrogens with zero attached hydrogens (tertiary/aromatic N) is 1. The lowest BCUT2D eigenvalue weighted by Crippen LogP contribution is -2.38. The molecule has 19 heavy (non-hydrogen) atoms. The summed E-state index contributed by atoms with van der Waals surface area (Å²) in [5.41, 5.74) is 5.42. The third kappa shape index (κ3) is 4.48. The van der Waals surface area contributed by atoms with E-state index in [1.807, 2.05) is 24.8 Å². The summed E-state index contributed by atoms with van der Waals surface area (Å²) in [5.74, 6) is -0.200. The number of para-hydroxylation sites is 1. The first kappa shape index (κ1) is 15.9. The summed E-state index contributed by atoms with van der Waals surface area (Å²) in [6, 6.07) is 6.79. The highest BCUT2D eigenvalue weighted by atomic mass is 19.1. The smallest absolute Gasteiger partial charge is 0.146 e. The molecule has 0 aliphatic carbocycles. The summed E-state index contributed by atoms with van der Waals surface area (Å²) in [7, 11) is 0. The van der Waals surface area contributed by atoms with Crippen LogP contribution in [-0.4, -0.2) is 30.3 Å². The van der Waals surface area contributed by atoms with Crippen molar-refractivity contribution in [3.05, 3.63) is 30.1 Å². The fraction of sp³-hybridized carbons (Fsp3) is 0.600. The van der Waals surface area contributed by atoms with Gasteiger partial charge in [0.25, 0.3) is 0 Å². The molecule has 0 heterocycles. The number of halogens is 1. The predicted molar refractivity (Wildman–Crippen MR) is 77.8 cm³/mol. The average molecular weight is 268 g/mol. The van der Waals surface area contributed by atoms with Gasteiger partial charge in [-0.15, -0.1) is 0 Å². The van der Waals surface area contributed by atoms with Crippen molar-refractivity contribution in [3.63, 3.8) is 0 Å². The molecule has 3 N–H and O–H groups in total. The van der Waals surface area contributed by atoms with Crippen molar-refractivity contribution in [1.82, 2.24) is 0 Å². The van der Waals surface area contributed by atoms with E-state index in [4.69, 9.17) is 5.73 Å². The standard InChI is InChI=1S/C15H25FN2O/c1-3-15(19,12-17)10-7-11-18(4-2)14-9-6-5-8-13(14)16/h5-6,8-9,19H,3-4,7,10-12,17H2,1-2H3. The SMILES string of the molecule is CCN(CCCC(O)(CC)CN)c1ccccc1F. The van der Waals surface area contributed by atoms with E-state index < -0.39 is 5.60 Å². The number of anilines is 1. The van der Waals surface area contributed by atoms with Gasteiger partial charge in [-0.2, -0.15) is 0 Å². The van der Waals surface area contributed by atoms with Gasteiger partial charge in [0, 0.05) is 19.6 Å². The second-order valence-corrected chi connectivity index (χ2v) is 4.92. The molecule has 0 aliphatic heterocycles. The zero-order chi connectivity index (χ0) is 14.3. The molecule has 1 atom stereocenters. The molecule has 1 aromatic rings. The molecule has 0 aliphatic rings. The van der Waals surface area contributed by atoms with Gasteiger partial charge in [-0.1, -0.05) is 19.1 Å². The van der Waals surface area contributed by atoms with Gasteiger partial charge in [0.05, 0.1) is 11.3 Å². The zero-order valence-corrected chi connectivity index (χ0v) is 11.9. The lowest BCUT2D eigenvalue weighted by Gasteiger charge is -2.28. The highest BCUT2D eigenvalue weighted by Gasteiger charge is 2.22. The van der Waals surface area contributed by atoms with Crippen LogP contribution in [0.3, 0.4) is 0 Å². The minimum atomic E-state index is -0.783. The lowest BCUT2D eigenvalue weighted by molar-refractivity contribution is 0.0350. The Morgan fingerprint density at radius 1 is 1.32 bits per heavy atom. The largest absolute Gasteiger partial charge is 0.389 e. The summed E-state index contributed by atoms with van der Waals surface area (Å²) < 4.78 is 13.7. The molecule has 3 nitrogen and oxygen atoms in total. The van der Waals surface area contributed by atoms with Crippen LogP contribution >= 0.6 is 0 Å². The van der Waals surface area contributed by atoms with Gasteiger partial charge in [-0.3, -0.25) is 0 Å². The van der Waals surface area contributed by atoms with Crippen LogP contribution in [0.2, 0.25) is 0 Å². The van der Waals surface area contributed by atoms with E-state index in [9.17, 15) is 9.50 Å². The lowest BCUT2D eigenvalue weighted by atomic mass is 9.95. The highest BCUT2D eigenvalue weighted by Crippen LogP contribution is 2.21. The van der Waals surface area contributed by atoms with Crippen molar-refractivity contribution in [1.29, 1.82) is 0 Å². The molecule has 1 rings (SSSR count). The van der Waals surface area contributed by atoms with Gasteiger partial charge in [0.15, 0.2) is 0 Å². The van der Waals surface area contributed by atoms with Crippen molar-refractivity contribution in [2.45, 2.75) is 38.7 Å². The molecule has 0 saturated heterocycles. The Morgan fingerprint density at radius 2 is 2.00 bits per heavy atom. The number of hydrogen-bond donors (Lipinski definition) is 2. The summed E-state index contributed by atoms with van der Waals surface area (Å²) in [4.78, 5) is 1.99. The monoisotopic (exact) mass is 268 g/mol. The Morgan fingerprint density at radius 3 is 2.53 bits per heavy atom. The van der Waals surface area contributed by atoms with Crippen LogP contribution in [0.15, 0.2) is 24.3 Å². The Hall–Kier alpha value is -1.13. The average Bonchev–Trinajstić information content (AvgIpc) is 2.44. The first-order valence-electron chi connectivity index (χ1n) is 6.98. The Balaban J connectivity index is 2.57.